The van der Waals surface area contributed by atoms with Crippen LogP contribution in [0.15, 0.2) is 123 Å². The number of hydrogen-bond donors (Lipinski definition) is 4. The van der Waals surface area contributed by atoms with Gasteiger partial charge in [-0.2, -0.15) is 0 Å². The van der Waals surface area contributed by atoms with Gasteiger partial charge in [0.05, 0.1) is 60.7 Å². The van der Waals surface area contributed by atoms with Crippen molar-refractivity contribution < 1.29 is 29.2 Å². The minimum atomic E-state index is -0.270. The van der Waals surface area contributed by atoms with Crippen LogP contribution in [0.2, 0.25) is 20.1 Å². The van der Waals surface area contributed by atoms with Crippen LogP contribution in [0.5, 0.6) is 0 Å². The molecule has 108 heavy (non-hydrogen) atoms. The monoisotopic (exact) mass is 1520 g/mol. The number of aliphatic hydroxyl groups excluding tert-OH is 4. The van der Waals surface area contributed by atoms with Crippen molar-refractivity contribution in [3.05, 3.63) is 234 Å². The Bertz CT molecular complexity index is 4920. The number of hydrogen-bond acceptors (Lipinski definition) is 8. The summed E-state index contributed by atoms with van der Waals surface area (Å²) in [7, 11) is 0. The predicted molar refractivity (Wildman–Crippen MR) is 428 cm³/mol. The summed E-state index contributed by atoms with van der Waals surface area (Å²) in [5.74, 6) is -0.541. The first-order valence-corrected chi connectivity index (χ1v) is 38.1. The number of rotatable bonds is 8. The fourth-order valence-electron chi connectivity index (χ4n) is 16.1. The Hall–Kier alpha value is -9.54. The molecular formula is C86H82Cl4F2N12O4. The number of nitrogens with zero attached hydrogens (tertiary/aromatic N) is 12. The van der Waals surface area contributed by atoms with E-state index in [1.54, 1.807) is 51.0 Å². The minimum absolute atomic E-state index is 0.213. The van der Waals surface area contributed by atoms with E-state index in [1.807, 2.05) is 88.6 Å². The molecule has 4 aromatic carbocycles. The van der Waals surface area contributed by atoms with Crippen LogP contribution in [-0.4, -0.2) is 83.0 Å². The summed E-state index contributed by atoms with van der Waals surface area (Å²) < 4.78 is 38.6. The maximum Gasteiger partial charge on any atom is 0.206 e. The van der Waals surface area contributed by atoms with Gasteiger partial charge in [-0.25, -0.2) is 28.2 Å². The second-order valence-corrected chi connectivity index (χ2v) is 30.9. The lowest BCUT2D eigenvalue weighted by atomic mass is 9.93. The average molecular weight is 1530 g/mol. The molecule has 0 radical (unpaired) electrons. The number of benzene rings is 4. The van der Waals surface area contributed by atoms with E-state index >= 15 is 0 Å². The van der Waals surface area contributed by atoms with E-state index in [0.29, 0.717) is 65.1 Å². The molecule has 0 unspecified atom stereocenters. The van der Waals surface area contributed by atoms with Crippen molar-refractivity contribution in [2.24, 2.45) is 0 Å². The van der Waals surface area contributed by atoms with E-state index < -0.39 is 0 Å². The molecule has 0 aliphatic heterocycles. The predicted octanol–water partition coefficient (Wildman–Crippen LogP) is 23.7. The summed E-state index contributed by atoms with van der Waals surface area (Å²) in [6.07, 6.45) is 34.0. The maximum atomic E-state index is 14.8. The maximum absolute atomic E-state index is 14.8. The van der Waals surface area contributed by atoms with Crippen LogP contribution >= 0.6 is 46.4 Å². The second-order valence-electron chi connectivity index (χ2n) is 29.3. The summed E-state index contributed by atoms with van der Waals surface area (Å²) >= 11 is 25.8. The van der Waals surface area contributed by atoms with Gasteiger partial charge in [0.1, 0.15) is 11.6 Å². The molecule has 0 spiro atoms. The first-order chi connectivity index (χ1) is 52.0. The Kier molecular flexibility index (Phi) is 23.2. The highest BCUT2D eigenvalue weighted by atomic mass is 35.5. The zero-order chi connectivity index (χ0) is 76.5. The lowest BCUT2D eigenvalue weighted by Crippen LogP contribution is -2.20. The number of fused-ring (bicyclic) bond motifs is 4. The van der Waals surface area contributed by atoms with Gasteiger partial charge in [0.2, 0.25) is 11.4 Å². The van der Waals surface area contributed by atoms with Gasteiger partial charge in [0.25, 0.3) is 0 Å². The summed E-state index contributed by atoms with van der Waals surface area (Å²) in [6.45, 7) is 40.8. The molecule has 22 heteroatoms. The molecule has 4 aliphatic carbocycles. The zero-order valence-corrected chi connectivity index (χ0v) is 63.9. The number of pyridine rings is 4. The van der Waals surface area contributed by atoms with Gasteiger partial charge in [-0.1, -0.05) is 46.4 Å². The molecule has 552 valence electrons. The van der Waals surface area contributed by atoms with Crippen molar-refractivity contribution in [2.75, 3.05) is 0 Å². The molecule has 0 atom stereocenters. The molecule has 0 amide bonds. The normalized spacial score (nSPS) is 20.0. The van der Waals surface area contributed by atoms with Crippen molar-refractivity contribution in [1.82, 2.24) is 38.2 Å². The molecule has 4 aliphatic rings. The van der Waals surface area contributed by atoms with Crippen LogP contribution in [-0.2, 0) is 0 Å². The Balaban J connectivity index is 0.000000127. The summed E-state index contributed by atoms with van der Waals surface area (Å²) in [5, 5.41) is 45.3. The fraction of sp³-hybridized carbons (Fsp3) is 0.349. The van der Waals surface area contributed by atoms with Crippen LogP contribution in [0.4, 0.5) is 31.5 Å². The first kappa shape index (κ1) is 76.6. The number of aryl methyl sites for hydroxylation is 6. The third-order valence-electron chi connectivity index (χ3n) is 22.2. The molecular weight excluding hydrogens is 1440 g/mol. The van der Waals surface area contributed by atoms with Crippen molar-refractivity contribution in [3.8, 4) is 44.5 Å². The van der Waals surface area contributed by atoms with Crippen molar-refractivity contribution in [3.63, 3.8) is 0 Å². The van der Waals surface area contributed by atoms with Gasteiger partial charge in [-0.05, 0) is 237 Å². The fourth-order valence-corrected chi connectivity index (χ4v) is 16.9. The second kappa shape index (κ2) is 32.7. The highest BCUT2D eigenvalue weighted by Crippen LogP contribution is 2.48. The van der Waals surface area contributed by atoms with Crippen LogP contribution in [0.1, 0.15) is 160 Å². The lowest BCUT2D eigenvalue weighted by molar-refractivity contribution is 0.111. The molecule has 4 N–H and O–H groups in total. The standard InChI is InChI=1S/2C22H22FN3O.2C21H19Cl2N3O/c2*1-13-8-21-17(9-20(13)24-3)19(18-11-25-10-14(2)22(18)23)12-26(21)15-4-6-16(27)7-5-15;2*1-12-9-25-10-16(21(12)23)17-11-26(13-3-5-14(27)6-4-13)20-8-18(22)19(24-2)7-15(17)20/h2*8-12,15-16,27H,4-7H2,1-2H3;2*7-11,13-14,27H,3-6H2,1H3. The zero-order valence-electron chi connectivity index (χ0n) is 60.9. The van der Waals surface area contributed by atoms with Crippen molar-refractivity contribution in [1.29, 1.82) is 0 Å². The molecule has 12 aromatic rings. The van der Waals surface area contributed by atoms with E-state index in [-0.39, 0.29) is 60.2 Å². The Morgan fingerprint density at radius 3 is 0.833 bits per heavy atom. The van der Waals surface area contributed by atoms with E-state index in [4.69, 9.17) is 72.7 Å². The van der Waals surface area contributed by atoms with Crippen LogP contribution < -0.4 is 0 Å². The molecule has 16 nitrogen and oxygen atoms in total. The van der Waals surface area contributed by atoms with Crippen molar-refractivity contribution in [2.45, 2.75) is 193 Å². The summed E-state index contributed by atoms with van der Waals surface area (Å²) in [5.41, 5.74) is 16.8. The highest BCUT2D eigenvalue weighted by molar-refractivity contribution is 6.36. The molecule has 4 fully saturated rings. The smallest absolute Gasteiger partial charge is 0.206 e. The molecule has 8 aromatic heterocycles. The van der Waals surface area contributed by atoms with Gasteiger partial charge in [0.15, 0.2) is 11.4 Å². The highest BCUT2D eigenvalue weighted by Gasteiger charge is 2.31. The average Bonchev–Trinajstić information content (AvgIpc) is 1.62. The topological polar surface area (TPSA) is 170 Å². The third-order valence-corrected chi connectivity index (χ3v) is 23.8. The molecule has 0 bridgehead atoms. The van der Waals surface area contributed by atoms with E-state index in [0.717, 1.165) is 202 Å². The number of aromatic nitrogens is 8. The third kappa shape index (κ3) is 15.5. The van der Waals surface area contributed by atoms with Gasteiger partial charge >= 0.3 is 0 Å². The van der Waals surface area contributed by atoms with Crippen LogP contribution in [0, 0.1) is 79.5 Å². The molecule has 4 saturated carbocycles. The van der Waals surface area contributed by atoms with Crippen LogP contribution in [0.25, 0.3) is 107 Å². The SMILES string of the molecule is [C-]#[N+]c1cc2c(-c3cncc(C)c3Cl)cn(C3CCC(O)CC3)c2cc1Cl.[C-]#[N+]c1cc2c(-c3cncc(C)c3Cl)cn(C3CCC(O)CC3)c2cc1Cl.[C-]#[N+]c1cc2c(-c3cncc(C)c3F)cn(C3CCC(O)CC3)c2cc1C.[C-]#[N+]c1cc2c(-c3cncc(C)c3F)cn(C3CCC(O)CC3)c2cc1C. The van der Waals surface area contributed by atoms with Gasteiger partial charge < -0.3 is 38.7 Å². The van der Waals surface area contributed by atoms with Gasteiger partial charge in [-0.15, -0.1) is 0 Å². The van der Waals surface area contributed by atoms with Gasteiger partial charge in [0, 0.05) is 186 Å². The Morgan fingerprint density at radius 2 is 0.556 bits per heavy atom. The Morgan fingerprint density at radius 1 is 0.315 bits per heavy atom. The molecule has 16 rings (SSSR count). The molecule has 8 heterocycles. The minimum Gasteiger partial charge on any atom is -0.393 e. The van der Waals surface area contributed by atoms with E-state index in [1.165, 1.54) is 12.4 Å². The van der Waals surface area contributed by atoms with Crippen LogP contribution in [0.3, 0.4) is 0 Å². The van der Waals surface area contributed by atoms with E-state index in [9.17, 15) is 29.2 Å². The molecule has 0 saturated heterocycles. The lowest BCUT2D eigenvalue weighted by Gasteiger charge is -2.27. The number of aliphatic hydroxyl groups is 4. The van der Waals surface area contributed by atoms with E-state index in [2.05, 4.69) is 70.0 Å². The van der Waals surface area contributed by atoms with Gasteiger partial charge in [-0.3, -0.25) is 19.9 Å². The quantitative estimate of drug-likeness (QED) is 0.109. The van der Waals surface area contributed by atoms with Crippen molar-refractivity contribution >= 4 is 113 Å². The summed E-state index contributed by atoms with van der Waals surface area (Å²) in [4.78, 5) is 31.3. The largest absolute Gasteiger partial charge is 0.393 e. The first-order valence-electron chi connectivity index (χ1n) is 36.6. The Labute approximate surface area is 647 Å². The summed E-state index contributed by atoms with van der Waals surface area (Å²) in [6, 6.07) is 16.3. The number of halogens is 6.